The lowest BCUT2D eigenvalue weighted by Gasteiger charge is -2.31. The molecule has 5 nitrogen and oxygen atoms in total. The van der Waals surface area contributed by atoms with Gasteiger partial charge in [-0.25, -0.2) is 9.97 Å². The van der Waals surface area contributed by atoms with Crippen LogP contribution in [0.3, 0.4) is 0 Å². The van der Waals surface area contributed by atoms with Crippen molar-refractivity contribution in [2.45, 2.75) is 31.7 Å². The Morgan fingerprint density at radius 1 is 1.36 bits per heavy atom. The first-order chi connectivity index (χ1) is 11.6. The van der Waals surface area contributed by atoms with Gasteiger partial charge in [-0.05, 0) is 51.8 Å². The summed E-state index contributed by atoms with van der Waals surface area (Å²) in [5.41, 5.74) is 1.23. The first-order valence-electron chi connectivity index (χ1n) is 8.36. The number of hydrogen-bond donors (Lipinski definition) is 1. The maximum absolute atomic E-state index is 12.5. The summed E-state index contributed by atoms with van der Waals surface area (Å²) in [6.45, 7) is 7.02. The lowest BCUT2D eigenvalue weighted by atomic mass is 9.97. The maximum Gasteiger partial charge on any atom is 0.232 e. The van der Waals surface area contributed by atoms with Crippen molar-refractivity contribution in [3.63, 3.8) is 0 Å². The van der Waals surface area contributed by atoms with Gasteiger partial charge in [0.25, 0.3) is 0 Å². The number of halogens is 1. The minimum Gasteiger partial charge on any atom is -0.342 e. The molecule has 138 valence electrons. The van der Waals surface area contributed by atoms with Crippen molar-refractivity contribution in [1.82, 2.24) is 20.2 Å². The number of nitrogens with zero attached hydrogens (tertiary/aromatic N) is 3. The van der Waals surface area contributed by atoms with Gasteiger partial charge in [-0.2, -0.15) is 0 Å². The van der Waals surface area contributed by atoms with E-state index in [9.17, 15) is 4.79 Å². The van der Waals surface area contributed by atoms with Crippen LogP contribution in [-0.2, 0) is 4.79 Å². The van der Waals surface area contributed by atoms with E-state index in [4.69, 9.17) is 0 Å². The van der Waals surface area contributed by atoms with E-state index in [0.29, 0.717) is 11.7 Å². The topological polar surface area (TPSA) is 58.1 Å². The number of thioether (sulfide) groups is 1. The summed E-state index contributed by atoms with van der Waals surface area (Å²) < 4.78 is 0. The number of fused-ring (bicyclic) bond motifs is 1. The summed E-state index contributed by atoms with van der Waals surface area (Å²) >= 11 is 3.24. The van der Waals surface area contributed by atoms with E-state index in [1.807, 2.05) is 11.9 Å². The zero-order valence-electron chi connectivity index (χ0n) is 14.9. The minimum atomic E-state index is 0. The third-order valence-corrected chi connectivity index (χ3v) is 6.81. The van der Waals surface area contributed by atoms with Crippen molar-refractivity contribution >= 4 is 51.6 Å². The third kappa shape index (κ3) is 4.64. The highest BCUT2D eigenvalue weighted by molar-refractivity contribution is 8.00. The summed E-state index contributed by atoms with van der Waals surface area (Å²) in [4.78, 5) is 25.6. The average molecular weight is 401 g/mol. The molecule has 1 saturated heterocycles. The van der Waals surface area contributed by atoms with Crippen LogP contribution in [0.25, 0.3) is 10.2 Å². The zero-order chi connectivity index (χ0) is 17.1. The van der Waals surface area contributed by atoms with E-state index in [1.54, 1.807) is 29.4 Å². The molecule has 0 aromatic carbocycles. The number of carbonyl (C=O) groups excluding carboxylic acids is 1. The molecule has 0 radical (unpaired) electrons. The Balaban J connectivity index is 0.00000225. The van der Waals surface area contributed by atoms with Crippen LogP contribution in [0.1, 0.15) is 23.3 Å². The summed E-state index contributed by atoms with van der Waals surface area (Å²) in [6.07, 6.45) is 3.80. The van der Waals surface area contributed by atoms with Gasteiger partial charge >= 0.3 is 0 Å². The fraction of sp³-hybridized carbons (Fsp3) is 0.588. The van der Waals surface area contributed by atoms with E-state index < -0.39 is 0 Å². The predicted molar refractivity (Wildman–Crippen MR) is 108 cm³/mol. The van der Waals surface area contributed by atoms with Crippen LogP contribution in [0.4, 0.5) is 0 Å². The number of hydrogen-bond acceptors (Lipinski definition) is 6. The van der Waals surface area contributed by atoms with Crippen LogP contribution < -0.4 is 5.32 Å². The number of aromatic nitrogens is 2. The van der Waals surface area contributed by atoms with E-state index in [-0.39, 0.29) is 18.3 Å². The van der Waals surface area contributed by atoms with Crippen LogP contribution >= 0.6 is 35.5 Å². The van der Waals surface area contributed by atoms with Gasteiger partial charge in [-0.1, -0.05) is 11.8 Å². The van der Waals surface area contributed by atoms with Crippen LogP contribution in [0.15, 0.2) is 11.4 Å². The molecule has 0 aliphatic carbocycles. The number of carbonyl (C=O) groups is 1. The molecule has 25 heavy (non-hydrogen) atoms. The lowest BCUT2D eigenvalue weighted by molar-refractivity contribution is -0.129. The molecule has 1 fully saturated rings. The third-order valence-electron chi connectivity index (χ3n) is 4.72. The molecule has 0 bridgehead atoms. The van der Waals surface area contributed by atoms with Gasteiger partial charge in [-0.3, -0.25) is 4.79 Å². The highest BCUT2D eigenvalue weighted by atomic mass is 35.5. The van der Waals surface area contributed by atoms with Gasteiger partial charge in [0.05, 0.1) is 5.75 Å². The molecule has 3 heterocycles. The van der Waals surface area contributed by atoms with E-state index in [0.717, 1.165) is 47.7 Å². The number of thiophene rings is 1. The van der Waals surface area contributed by atoms with Crippen molar-refractivity contribution in [3.05, 3.63) is 16.8 Å². The first kappa shape index (κ1) is 20.4. The maximum atomic E-state index is 12.5. The quantitative estimate of drug-likeness (QED) is 0.616. The molecular formula is C17H25ClN4OS2. The summed E-state index contributed by atoms with van der Waals surface area (Å²) in [7, 11) is 1.99. The second kappa shape index (κ2) is 9.16. The Kier molecular flexibility index (Phi) is 7.49. The average Bonchev–Trinajstić information content (AvgIpc) is 2.89. The van der Waals surface area contributed by atoms with Crippen molar-refractivity contribution in [2.24, 2.45) is 5.92 Å². The van der Waals surface area contributed by atoms with Gasteiger partial charge in [0.2, 0.25) is 5.91 Å². The summed E-state index contributed by atoms with van der Waals surface area (Å²) in [5, 5.41) is 5.28. The van der Waals surface area contributed by atoms with Gasteiger partial charge in [0.1, 0.15) is 16.2 Å². The van der Waals surface area contributed by atoms with E-state index in [2.05, 4.69) is 29.1 Å². The first-order valence-corrected chi connectivity index (χ1v) is 10.2. The molecule has 0 saturated carbocycles. The molecule has 1 aliphatic rings. The molecule has 3 rings (SSSR count). The minimum absolute atomic E-state index is 0. The number of amides is 1. The van der Waals surface area contributed by atoms with Crippen LogP contribution in [-0.4, -0.2) is 53.2 Å². The van der Waals surface area contributed by atoms with Crippen molar-refractivity contribution in [1.29, 1.82) is 0 Å². The number of aryl methyl sites for hydroxylation is 2. The van der Waals surface area contributed by atoms with Gasteiger partial charge in [-0.15, -0.1) is 23.7 Å². The highest BCUT2D eigenvalue weighted by Crippen LogP contribution is 2.34. The molecule has 1 aliphatic heterocycles. The van der Waals surface area contributed by atoms with Crippen LogP contribution in [0.5, 0.6) is 0 Å². The molecule has 1 amide bonds. The van der Waals surface area contributed by atoms with E-state index in [1.165, 1.54) is 10.4 Å². The van der Waals surface area contributed by atoms with Gasteiger partial charge in [0.15, 0.2) is 0 Å². The van der Waals surface area contributed by atoms with Crippen molar-refractivity contribution in [2.75, 3.05) is 32.4 Å². The number of rotatable bonds is 5. The SMILES string of the molecule is CNCC1CCN(C(=O)CSc2ncnc3sc(C)c(C)c23)CC1.Cl. The molecule has 1 N–H and O–H groups in total. The fourth-order valence-electron chi connectivity index (χ4n) is 3.16. The summed E-state index contributed by atoms with van der Waals surface area (Å²) in [5.74, 6) is 1.38. The van der Waals surface area contributed by atoms with Crippen molar-refractivity contribution in [3.8, 4) is 0 Å². The molecule has 2 aromatic heterocycles. The molecular weight excluding hydrogens is 376 g/mol. The second-order valence-corrected chi connectivity index (χ2v) is 8.48. The Morgan fingerprint density at radius 2 is 2.08 bits per heavy atom. The Morgan fingerprint density at radius 3 is 2.76 bits per heavy atom. The Labute approximate surface area is 163 Å². The largest absolute Gasteiger partial charge is 0.342 e. The van der Waals surface area contributed by atoms with Gasteiger partial charge in [0, 0.05) is 23.4 Å². The second-order valence-electron chi connectivity index (χ2n) is 6.31. The number of nitrogens with one attached hydrogen (secondary N) is 1. The van der Waals surface area contributed by atoms with Crippen LogP contribution in [0.2, 0.25) is 0 Å². The molecule has 0 spiro atoms. The standard InChI is InChI=1S/C17H24N4OS2.ClH/c1-11-12(2)24-17-15(11)16(19-10-20-17)23-9-14(22)21-6-4-13(5-7-21)8-18-3;/h10,13,18H,4-9H2,1-3H3;1H. The number of piperidine rings is 1. The zero-order valence-corrected chi connectivity index (χ0v) is 17.3. The lowest BCUT2D eigenvalue weighted by Crippen LogP contribution is -2.41. The molecule has 0 unspecified atom stereocenters. The Hall–Kier alpha value is -0.890. The van der Waals surface area contributed by atoms with E-state index >= 15 is 0 Å². The van der Waals surface area contributed by atoms with Gasteiger partial charge < -0.3 is 10.2 Å². The predicted octanol–water partition coefficient (Wildman–Crippen LogP) is 3.28. The molecule has 2 aromatic rings. The monoisotopic (exact) mass is 400 g/mol. The molecule has 8 heteroatoms. The smallest absolute Gasteiger partial charge is 0.232 e. The highest BCUT2D eigenvalue weighted by Gasteiger charge is 2.23. The number of likely N-dealkylation sites (tertiary alicyclic amines) is 1. The normalized spacial score (nSPS) is 15.4. The van der Waals surface area contributed by atoms with Crippen molar-refractivity contribution < 1.29 is 4.79 Å². The molecule has 0 atom stereocenters. The van der Waals surface area contributed by atoms with Crippen LogP contribution in [0, 0.1) is 19.8 Å². The Bertz CT molecular complexity index is 729. The fourth-order valence-corrected chi connectivity index (χ4v) is 5.18. The summed E-state index contributed by atoms with van der Waals surface area (Å²) in [6, 6.07) is 0.